The van der Waals surface area contributed by atoms with E-state index in [2.05, 4.69) is 0 Å². The van der Waals surface area contributed by atoms with Crippen LogP contribution in [0.2, 0.25) is 0 Å². The van der Waals surface area contributed by atoms with E-state index < -0.39 is 34.5 Å². The zero-order chi connectivity index (χ0) is 21.3. The van der Waals surface area contributed by atoms with Crippen LogP contribution in [-0.4, -0.2) is 43.5 Å². The van der Waals surface area contributed by atoms with E-state index in [4.69, 9.17) is 14.2 Å². The van der Waals surface area contributed by atoms with E-state index in [-0.39, 0.29) is 32.0 Å². The Bertz CT molecular complexity index is 534. The third-order valence-corrected chi connectivity index (χ3v) is 4.01. The van der Waals surface area contributed by atoms with E-state index in [1.807, 2.05) is 27.7 Å². The minimum atomic E-state index is -1.22. The summed E-state index contributed by atoms with van der Waals surface area (Å²) in [4.78, 5) is 48.3. The summed E-state index contributed by atoms with van der Waals surface area (Å²) in [6.45, 7) is 13.1. The molecule has 0 saturated carbocycles. The van der Waals surface area contributed by atoms with Crippen LogP contribution in [0.15, 0.2) is 0 Å². The molecular weight excluding hydrogens is 352 g/mol. The van der Waals surface area contributed by atoms with Crippen molar-refractivity contribution in [2.24, 2.45) is 16.7 Å². The number of ketones is 1. The van der Waals surface area contributed by atoms with Crippen LogP contribution in [0.5, 0.6) is 0 Å². The fourth-order valence-corrected chi connectivity index (χ4v) is 3.46. The first-order chi connectivity index (χ1) is 12.4. The molecule has 0 fully saturated rings. The lowest BCUT2D eigenvalue weighted by atomic mass is 9.69. The topological polar surface area (TPSA) is 96.0 Å². The lowest BCUT2D eigenvalue weighted by Crippen LogP contribution is -2.37. The van der Waals surface area contributed by atoms with E-state index >= 15 is 0 Å². The largest absolute Gasteiger partial charge is 0.466 e. The summed E-state index contributed by atoms with van der Waals surface area (Å²) >= 11 is 0. The van der Waals surface area contributed by atoms with Gasteiger partial charge in [0.25, 0.3) is 5.78 Å². The van der Waals surface area contributed by atoms with Crippen molar-refractivity contribution in [3.8, 4) is 0 Å². The van der Waals surface area contributed by atoms with Crippen LogP contribution in [0.3, 0.4) is 0 Å². The SMILES string of the molecule is CCOC(=O)CC(C)(C)CC(C)(C)CC(C(=O)OCC)C(=O)C(=O)OCC. The first kappa shape index (κ1) is 25.1. The molecule has 0 aromatic rings. The zero-order valence-corrected chi connectivity index (χ0v) is 17.7. The van der Waals surface area contributed by atoms with E-state index in [1.54, 1.807) is 20.8 Å². The summed E-state index contributed by atoms with van der Waals surface area (Å²) in [7, 11) is 0. The second kappa shape index (κ2) is 11.0. The molecule has 0 aliphatic heterocycles. The number of rotatable bonds is 12. The van der Waals surface area contributed by atoms with E-state index in [0.717, 1.165) is 0 Å². The molecule has 1 atom stereocenters. The summed E-state index contributed by atoms with van der Waals surface area (Å²) in [6, 6.07) is 0. The van der Waals surface area contributed by atoms with Crippen LogP contribution in [-0.2, 0) is 33.4 Å². The number of carbonyl (C=O) groups is 4. The molecule has 1 unspecified atom stereocenters. The Hall–Kier alpha value is -1.92. The molecule has 7 nitrogen and oxygen atoms in total. The third kappa shape index (κ3) is 9.54. The summed E-state index contributed by atoms with van der Waals surface area (Å²) in [5, 5.41) is 0. The maximum atomic E-state index is 12.4. The average molecular weight is 386 g/mol. The summed E-state index contributed by atoms with van der Waals surface area (Å²) in [6.07, 6.45) is 0.890. The normalized spacial score (nSPS) is 12.9. The molecule has 0 radical (unpaired) electrons. The van der Waals surface area contributed by atoms with E-state index in [1.165, 1.54) is 0 Å². The molecule has 0 aliphatic rings. The van der Waals surface area contributed by atoms with Gasteiger partial charge in [0.05, 0.1) is 26.2 Å². The molecule has 0 saturated heterocycles. The van der Waals surface area contributed by atoms with Gasteiger partial charge in [-0.05, 0) is 44.4 Å². The van der Waals surface area contributed by atoms with Gasteiger partial charge in [0, 0.05) is 0 Å². The van der Waals surface area contributed by atoms with Crippen LogP contribution in [0.1, 0.15) is 67.7 Å². The molecular formula is C20H34O7. The predicted molar refractivity (Wildman–Crippen MR) is 99.8 cm³/mol. The monoisotopic (exact) mass is 386 g/mol. The summed E-state index contributed by atoms with van der Waals surface area (Å²) in [5.41, 5.74) is -0.905. The molecule has 0 aromatic carbocycles. The highest BCUT2D eigenvalue weighted by Gasteiger charge is 2.40. The van der Waals surface area contributed by atoms with Crippen molar-refractivity contribution in [1.82, 2.24) is 0 Å². The highest BCUT2D eigenvalue weighted by molar-refractivity contribution is 6.37. The number of ether oxygens (including phenoxy) is 3. The highest BCUT2D eigenvalue weighted by atomic mass is 16.5. The molecule has 0 rings (SSSR count). The Morgan fingerprint density at radius 1 is 0.778 bits per heavy atom. The highest BCUT2D eigenvalue weighted by Crippen LogP contribution is 2.40. The molecule has 7 heteroatoms. The Morgan fingerprint density at radius 2 is 1.30 bits per heavy atom. The molecule has 0 heterocycles. The minimum Gasteiger partial charge on any atom is -0.466 e. The van der Waals surface area contributed by atoms with Crippen LogP contribution in [0.25, 0.3) is 0 Å². The van der Waals surface area contributed by atoms with Crippen molar-refractivity contribution in [2.75, 3.05) is 19.8 Å². The third-order valence-electron chi connectivity index (χ3n) is 4.01. The van der Waals surface area contributed by atoms with Gasteiger partial charge in [0.1, 0.15) is 5.92 Å². The molecule has 0 N–H and O–H groups in total. The molecule has 0 spiro atoms. The zero-order valence-electron chi connectivity index (χ0n) is 17.7. The van der Waals surface area contributed by atoms with Gasteiger partial charge in [-0.2, -0.15) is 0 Å². The number of hydrogen-bond acceptors (Lipinski definition) is 7. The molecule has 27 heavy (non-hydrogen) atoms. The van der Waals surface area contributed by atoms with Gasteiger partial charge in [0.2, 0.25) is 0 Å². The molecule has 0 aromatic heterocycles. The van der Waals surface area contributed by atoms with Crippen molar-refractivity contribution < 1.29 is 33.4 Å². The van der Waals surface area contributed by atoms with E-state index in [9.17, 15) is 19.2 Å². The quantitative estimate of drug-likeness (QED) is 0.220. The average Bonchev–Trinajstić information content (AvgIpc) is 2.50. The maximum absolute atomic E-state index is 12.4. The summed E-state index contributed by atoms with van der Waals surface area (Å²) < 4.78 is 14.7. The van der Waals surface area contributed by atoms with Crippen LogP contribution < -0.4 is 0 Å². The van der Waals surface area contributed by atoms with Crippen molar-refractivity contribution in [3.63, 3.8) is 0 Å². The maximum Gasteiger partial charge on any atom is 0.375 e. The Labute approximate surface area is 162 Å². The van der Waals surface area contributed by atoms with Crippen molar-refractivity contribution in [2.45, 2.75) is 67.7 Å². The lowest BCUT2D eigenvalue weighted by molar-refractivity contribution is -0.163. The molecule has 0 amide bonds. The first-order valence-corrected chi connectivity index (χ1v) is 9.42. The van der Waals surface area contributed by atoms with Gasteiger partial charge in [-0.25, -0.2) is 4.79 Å². The van der Waals surface area contributed by atoms with Gasteiger partial charge < -0.3 is 14.2 Å². The summed E-state index contributed by atoms with van der Waals surface area (Å²) in [5.74, 6) is -4.17. The van der Waals surface area contributed by atoms with Crippen molar-refractivity contribution in [3.05, 3.63) is 0 Å². The van der Waals surface area contributed by atoms with Gasteiger partial charge in [0.15, 0.2) is 0 Å². The first-order valence-electron chi connectivity index (χ1n) is 9.42. The van der Waals surface area contributed by atoms with Crippen LogP contribution in [0.4, 0.5) is 0 Å². The molecule has 0 bridgehead atoms. The predicted octanol–water partition coefficient (Wildman–Crippen LogP) is 3.08. The Balaban J connectivity index is 5.30. The molecule has 156 valence electrons. The molecule has 0 aliphatic carbocycles. The van der Waals surface area contributed by atoms with Crippen LogP contribution >= 0.6 is 0 Å². The second-order valence-corrected chi connectivity index (χ2v) is 8.08. The van der Waals surface area contributed by atoms with Gasteiger partial charge >= 0.3 is 17.9 Å². The smallest absolute Gasteiger partial charge is 0.375 e. The van der Waals surface area contributed by atoms with Crippen molar-refractivity contribution >= 4 is 23.7 Å². The minimum absolute atomic E-state index is 0.0517. The fraction of sp³-hybridized carbons (Fsp3) is 0.800. The standard InChI is InChI=1S/C20H34O7/c1-8-25-15(21)12-20(6,7)13-19(4,5)11-14(17(23)26-9-2)16(22)18(24)27-10-3/h14H,8-13H2,1-7H3. The van der Waals surface area contributed by atoms with Gasteiger partial charge in [-0.1, -0.05) is 27.7 Å². The Kier molecular flexibility index (Phi) is 10.3. The fourth-order valence-electron chi connectivity index (χ4n) is 3.46. The number of hydrogen-bond donors (Lipinski definition) is 0. The number of esters is 3. The van der Waals surface area contributed by atoms with Crippen LogP contribution in [0, 0.1) is 16.7 Å². The van der Waals surface area contributed by atoms with Gasteiger partial charge in [-0.3, -0.25) is 14.4 Å². The van der Waals surface area contributed by atoms with Crippen molar-refractivity contribution in [1.29, 1.82) is 0 Å². The number of Topliss-reactive ketones (excluding diaryl/α,β-unsaturated/α-hetero) is 1. The van der Waals surface area contributed by atoms with Gasteiger partial charge in [-0.15, -0.1) is 0 Å². The second-order valence-electron chi connectivity index (χ2n) is 8.08. The number of carbonyl (C=O) groups excluding carboxylic acids is 4. The van der Waals surface area contributed by atoms with E-state index in [0.29, 0.717) is 13.0 Å². The Morgan fingerprint density at radius 3 is 1.78 bits per heavy atom. The lowest BCUT2D eigenvalue weighted by Gasteiger charge is -2.35.